The number of ether oxygens (including phenoxy) is 3. The highest BCUT2D eigenvalue weighted by atomic mass is 32.2. The van der Waals surface area contributed by atoms with Gasteiger partial charge in [0.05, 0.1) is 5.41 Å². The molecule has 2 amide bonds. The third-order valence-corrected chi connectivity index (χ3v) is 10.8. The molecule has 2 unspecified atom stereocenters. The number of β-lactam (4-membered cyclic amide) rings is 1. The minimum Gasteiger partial charge on any atom is -0.427 e. The highest BCUT2D eigenvalue weighted by molar-refractivity contribution is 8.05. The maximum atomic E-state index is 13.5. The first-order valence-electron chi connectivity index (χ1n) is 13.1. The summed E-state index contributed by atoms with van der Waals surface area (Å²) in [5.74, 6) is -0.568. The number of hydrogen-bond donors (Lipinski definition) is 2. The third-order valence-electron chi connectivity index (χ3n) is 6.80. The Hall–Kier alpha value is -2.56. The summed E-state index contributed by atoms with van der Waals surface area (Å²) in [7, 11) is 1.30. The van der Waals surface area contributed by atoms with Crippen molar-refractivity contribution in [2.24, 2.45) is 16.5 Å². The normalized spacial score (nSPS) is 25.1. The Bertz CT molecular complexity index is 1180. The molecular weight excluding hydrogens is 595 g/mol. The molecule has 3 fully saturated rings. The second kappa shape index (κ2) is 13.2. The number of rotatable bonds is 10. The molecular formula is C25H35N5O8S3. The molecule has 13 nitrogen and oxygen atoms in total. The van der Waals surface area contributed by atoms with Crippen LogP contribution in [0.3, 0.4) is 0 Å². The second-order valence-corrected chi connectivity index (χ2v) is 14.3. The van der Waals surface area contributed by atoms with E-state index in [1.165, 1.54) is 30.6 Å². The monoisotopic (exact) mass is 629 g/mol. The smallest absolute Gasteiger partial charge is 0.327 e. The molecule has 4 rings (SSSR count). The van der Waals surface area contributed by atoms with Gasteiger partial charge in [0, 0.05) is 30.9 Å². The quantitative estimate of drug-likeness (QED) is 0.126. The van der Waals surface area contributed by atoms with Crippen molar-refractivity contribution in [2.45, 2.75) is 49.8 Å². The van der Waals surface area contributed by atoms with E-state index in [-0.39, 0.29) is 34.4 Å². The Morgan fingerprint density at radius 3 is 2.66 bits per heavy atom. The number of oxime groups is 1. The fourth-order valence-corrected chi connectivity index (χ4v) is 8.16. The lowest BCUT2D eigenvalue weighted by Gasteiger charge is -2.54. The summed E-state index contributed by atoms with van der Waals surface area (Å²) >= 11 is 4.00. The molecule has 0 spiro atoms. The summed E-state index contributed by atoms with van der Waals surface area (Å²) in [5.41, 5.74) is 5.10. The SMILES string of the molecule is CON=C(C(=O)NC1C(=O)N2CC(SCC3CCOCC3)(C(=O)OCOC(=O)C(C)(C)C)CS[C@H]12)c1csc(N)n1. The number of thioether (sulfide) groups is 2. The van der Waals surface area contributed by atoms with Crippen molar-refractivity contribution < 1.29 is 38.2 Å². The van der Waals surface area contributed by atoms with E-state index in [0.717, 1.165) is 24.2 Å². The number of nitrogen functional groups attached to an aromatic ring is 1. The van der Waals surface area contributed by atoms with E-state index >= 15 is 0 Å². The standard InChI is InChI=1S/C25H35N5O8S3/c1-24(2,3)21(33)37-13-38-22(34)25(41-9-14-5-7-36-8-6-14)11-30-19(32)17(20(30)40-12-25)28-18(31)16(29-35-4)15-10-39-23(26)27-15/h10,14,17,20H,5-9,11-13H2,1-4H3,(H2,26,27)(H,28,31)/t17?,20-,25?/m1/s1. The molecule has 3 N–H and O–H groups in total. The van der Waals surface area contributed by atoms with E-state index < -0.39 is 40.8 Å². The zero-order chi connectivity index (χ0) is 29.8. The summed E-state index contributed by atoms with van der Waals surface area (Å²) < 4.78 is 15.0. The minimum atomic E-state index is -1.06. The number of fused-ring (bicyclic) bond motifs is 1. The molecule has 1 aromatic rings. The molecule has 0 aliphatic carbocycles. The van der Waals surface area contributed by atoms with Gasteiger partial charge in [-0.2, -0.15) is 0 Å². The molecule has 16 heteroatoms. The van der Waals surface area contributed by atoms with Crippen LogP contribution in [0, 0.1) is 11.3 Å². The van der Waals surface area contributed by atoms with Crippen molar-refractivity contribution in [1.82, 2.24) is 15.2 Å². The maximum absolute atomic E-state index is 13.5. The summed E-state index contributed by atoms with van der Waals surface area (Å²) in [5, 5.41) is 7.96. The Balaban J connectivity index is 1.42. The van der Waals surface area contributed by atoms with Crippen LogP contribution in [0.1, 0.15) is 39.3 Å². The van der Waals surface area contributed by atoms with Gasteiger partial charge in [-0.05, 0) is 45.3 Å². The van der Waals surface area contributed by atoms with Crippen molar-refractivity contribution >= 4 is 69.5 Å². The van der Waals surface area contributed by atoms with Crippen LogP contribution in [0.5, 0.6) is 0 Å². The predicted octanol–water partition coefficient (Wildman–Crippen LogP) is 1.46. The van der Waals surface area contributed by atoms with Gasteiger partial charge in [0.25, 0.3) is 5.91 Å². The number of thiazole rings is 1. The highest BCUT2D eigenvalue weighted by Crippen LogP contribution is 2.45. The zero-order valence-corrected chi connectivity index (χ0v) is 25.8. The second-order valence-electron chi connectivity index (χ2n) is 10.9. The Kier molecular flexibility index (Phi) is 10.1. The predicted molar refractivity (Wildman–Crippen MR) is 155 cm³/mol. The molecule has 226 valence electrons. The first-order valence-corrected chi connectivity index (χ1v) is 16.0. The molecule has 4 heterocycles. The van der Waals surface area contributed by atoms with E-state index in [0.29, 0.717) is 30.6 Å². The number of nitrogens with two attached hydrogens (primary N) is 1. The number of esters is 2. The Morgan fingerprint density at radius 1 is 1.29 bits per heavy atom. The van der Waals surface area contributed by atoms with Crippen molar-refractivity contribution in [3.05, 3.63) is 11.1 Å². The first kappa shape index (κ1) is 31.4. The van der Waals surface area contributed by atoms with Crippen LogP contribution in [-0.4, -0.2) is 101 Å². The van der Waals surface area contributed by atoms with Crippen molar-refractivity contribution in [1.29, 1.82) is 0 Å². The summed E-state index contributed by atoms with van der Waals surface area (Å²) in [6, 6.07) is -0.812. The molecule has 0 radical (unpaired) electrons. The lowest BCUT2D eigenvalue weighted by atomic mass is 9.98. The van der Waals surface area contributed by atoms with E-state index in [1.807, 2.05) is 0 Å². The number of nitrogens with zero attached hydrogens (tertiary/aromatic N) is 3. The van der Waals surface area contributed by atoms with Gasteiger partial charge in [0.1, 0.15) is 29.0 Å². The van der Waals surface area contributed by atoms with Gasteiger partial charge in [-0.3, -0.25) is 19.2 Å². The van der Waals surface area contributed by atoms with Crippen molar-refractivity contribution in [3.8, 4) is 0 Å². The average Bonchev–Trinajstić information content (AvgIpc) is 3.38. The van der Waals surface area contributed by atoms with Gasteiger partial charge in [-0.15, -0.1) is 34.9 Å². The minimum absolute atomic E-state index is 0.0951. The van der Waals surface area contributed by atoms with Crippen LogP contribution >= 0.6 is 34.9 Å². The number of carbonyl (C=O) groups excluding carboxylic acids is 4. The summed E-state index contributed by atoms with van der Waals surface area (Å²) in [6.45, 7) is 6.09. The zero-order valence-electron chi connectivity index (χ0n) is 23.4. The van der Waals surface area contributed by atoms with Crippen LogP contribution in [0.4, 0.5) is 5.13 Å². The molecule has 0 saturated carbocycles. The van der Waals surface area contributed by atoms with Gasteiger partial charge < -0.3 is 35.0 Å². The van der Waals surface area contributed by atoms with Gasteiger partial charge in [0.2, 0.25) is 12.7 Å². The van der Waals surface area contributed by atoms with Crippen LogP contribution in [-0.2, 0) is 38.2 Å². The topological polar surface area (TPSA) is 172 Å². The van der Waals surface area contributed by atoms with Crippen LogP contribution < -0.4 is 11.1 Å². The summed E-state index contributed by atoms with van der Waals surface area (Å²) in [6.07, 6.45) is 1.79. The number of anilines is 1. The van der Waals surface area contributed by atoms with Crippen LogP contribution in [0.25, 0.3) is 0 Å². The van der Waals surface area contributed by atoms with Crippen LogP contribution in [0.2, 0.25) is 0 Å². The largest absolute Gasteiger partial charge is 0.427 e. The van der Waals surface area contributed by atoms with E-state index in [9.17, 15) is 19.2 Å². The maximum Gasteiger partial charge on any atom is 0.327 e. The molecule has 3 aliphatic heterocycles. The highest BCUT2D eigenvalue weighted by Gasteiger charge is 2.58. The van der Waals surface area contributed by atoms with Gasteiger partial charge in [0.15, 0.2) is 10.8 Å². The number of aromatic nitrogens is 1. The first-order chi connectivity index (χ1) is 19.4. The lowest BCUT2D eigenvalue weighted by Crippen LogP contribution is -2.75. The summed E-state index contributed by atoms with van der Waals surface area (Å²) in [4.78, 5) is 62.3. The number of carbonyl (C=O) groups is 4. The van der Waals surface area contributed by atoms with Gasteiger partial charge in [-0.1, -0.05) is 5.16 Å². The Labute approximate surface area is 250 Å². The molecule has 0 bridgehead atoms. The molecule has 41 heavy (non-hydrogen) atoms. The fraction of sp³-hybridized carbons (Fsp3) is 0.680. The average molecular weight is 630 g/mol. The van der Waals surface area contributed by atoms with Gasteiger partial charge >= 0.3 is 11.9 Å². The van der Waals surface area contributed by atoms with E-state index in [2.05, 4.69) is 15.5 Å². The van der Waals surface area contributed by atoms with E-state index in [1.54, 1.807) is 31.1 Å². The molecule has 3 saturated heterocycles. The number of nitrogens with one attached hydrogen (secondary N) is 1. The Morgan fingerprint density at radius 2 is 2.02 bits per heavy atom. The molecule has 0 aromatic carbocycles. The third kappa shape index (κ3) is 7.27. The van der Waals surface area contributed by atoms with Crippen molar-refractivity contribution in [2.75, 3.05) is 50.9 Å². The molecule has 1 aromatic heterocycles. The molecule has 3 atom stereocenters. The number of hydrogen-bond acceptors (Lipinski definition) is 14. The number of amides is 2. The lowest BCUT2D eigenvalue weighted by molar-refractivity contribution is -0.175. The van der Waals surface area contributed by atoms with Gasteiger partial charge in [-0.25, -0.2) is 4.98 Å². The van der Waals surface area contributed by atoms with E-state index in [4.69, 9.17) is 24.8 Å². The van der Waals surface area contributed by atoms with Crippen molar-refractivity contribution in [3.63, 3.8) is 0 Å². The fourth-order valence-electron chi connectivity index (χ4n) is 4.40. The molecule has 3 aliphatic rings. The van der Waals surface area contributed by atoms with Crippen LogP contribution in [0.15, 0.2) is 10.5 Å².